The second-order valence-electron chi connectivity index (χ2n) is 8.97. The number of aliphatic hydroxyl groups is 1. The summed E-state index contributed by atoms with van der Waals surface area (Å²) in [6.07, 6.45) is 8.57. The van der Waals surface area contributed by atoms with Crippen LogP contribution in [0, 0.1) is 0 Å². The minimum Gasteiger partial charge on any atom is -0.392 e. The van der Waals surface area contributed by atoms with Crippen LogP contribution >= 0.6 is 0 Å². The third kappa shape index (κ3) is 4.48. The van der Waals surface area contributed by atoms with E-state index in [9.17, 15) is 5.11 Å². The van der Waals surface area contributed by atoms with Crippen LogP contribution in [0.4, 0.5) is 0 Å². The van der Waals surface area contributed by atoms with E-state index in [1.807, 2.05) is 18.3 Å². The average Bonchev–Trinajstić information content (AvgIpc) is 3.55. The molecule has 1 atom stereocenters. The van der Waals surface area contributed by atoms with Crippen molar-refractivity contribution >= 4 is 0 Å². The average molecular weight is 438 g/mol. The predicted octanol–water partition coefficient (Wildman–Crippen LogP) is 3.82. The fourth-order valence-electron chi connectivity index (χ4n) is 4.91. The first-order valence-corrected chi connectivity index (χ1v) is 11.6. The van der Waals surface area contributed by atoms with Gasteiger partial charge in [0, 0.05) is 32.3 Å². The lowest BCUT2D eigenvalue weighted by molar-refractivity contribution is 0.171. The molecule has 1 aliphatic carbocycles. The molecule has 0 radical (unpaired) electrons. The molecular weight excluding hydrogens is 406 g/mol. The smallest absolute Gasteiger partial charge is 0.261 e. The minimum atomic E-state index is -0.197. The molecule has 1 aliphatic heterocycles. The molecule has 170 valence electrons. The zero-order chi connectivity index (χ0) is 21.9. The van der Waals surface area contributed by atoms with Crippen LogP contribution < -0.4 is 0 Å². The van der Waals surface area contributed by atoms with Crippen LogP contribution in [0.15, 0.2) is 35.0 Å². The predicted molar refractivity (Wildman–Crippen MR) is 120 cm³/mol. The largest absolute Gasteiger partial charge is 0.392 e. The van der Waals surface area contributed by atoms with Crippen LogP contribution in [0.25, 0.3) is 22.8 Å². The lowest BCUT2D eigenvalue weighted by atomic mass is 9.95. The fourth-order valence-corrected chi connectivity index (χ4v) is 4.91. The first-order valence-electron chi connectivity index (χ1n) is 11.6. The number of nitrogens with zero attached hydrogens (tertiary/aromatic N) is 5. The van der Waals surface area contributed by atoms with Gasteiger partial charge >= 0.3 is 0 Å². The van der Waals surface area contributed by atoms with Crippen LogP contribution in [0.2, 0.25) is 0 Å². The highest BCUT2D eigenvalue weighted by molar-refractivity contribution is 5.61. The first kappa shape index (κ1) is 21.3. The summed E-state index contributed by atoms with van der Waals surface area (Å²) in [6.45, 7) is 2.99. The molecule has 3 heterocycles. The summed E-state index contributed by atoms with van der Waals surface area (Å²) < 4.78 is 13.2. The van der Waals surface area contributed by atoms with E-state index >= 15 is 0 Å². The topological polar surface area (TPSA) is 89.4 Å². The van der Waals surface area contributed by atoms with Crippen molar-refractivity contribution in [2.24, 2.45) is 0 Å². The monoisotopic (exact) mass is 437 g/mol. The van der Waals surface area contributed by atoms with E-state index in [-0.39, 0.29) is 6.10 Å². The van der Waals surface area contributed by atoms with Gasteiger partial charge in [-0.15, -0.1) is 0 Å². The molecule has 8 nitrogen and oxygen atoms in total. The number of likely N-dealkylation sites (tertiary alicyclic amines) is 1. The van der Waals surface area contributed by atoms with Gasteiger partial charge in [-0.25, -0.2) is 0 Å². The number of β-amino-alcohol motifs (C(OH)–C–C–N with tert-alkyl or cyclic N) is 1. The highest BCUT2D eigenvalue weighted by Crippen LogP contribution is 2.33. The quantitative estimate of drug-likeness (QED) is 0.601. The lowest BCUT2D eigenvalue weighted by Crippen LogP contribution is -2.21. The molecule has 0 bridgehead atoms. The van der Waals surface area contributed by atoms with Gasteiger partial charge in [0.25, 0.3) is 5.89 Å². The first-order chi connectivity index (χ1) is 15.7. The summed E-state index contributed by atoms with van der Waals surface area (Å²) in [4.78, 5) is 6.94. The molecule has 2 aliphatic rings. The zero-order valence-electron chi connectivity index (χ0n) is 18.6. The van der Waals surface area contributed by atoms with Crippen LogP contribution in [0.3, 0.4) is 0 Å². The van der Waals surface area contributed by atoms with Crippen LogP contribution in [0.1, 0.15) is 55.8 Å². The second-order valence-corrected chi connectivity index (χ2v) is 8.97. The Morgan fingerprint density at radius 2 is 1.94 bits per heavy atom. The van der Waals surface area contributed by atoms with Crippen molar-refractivity contribution in [1.29, 1.82) is 0 Å². The van der Waals surface area contributed by atoms with Crippen molar-refractivity contribution < 1.29 is 14.4 Å². The number of benzene rings is 1. The Morgan fingerprint density at radius 3 is 2.66 bits per heavy atom. The molecular formula is C24H31N5O3. The van der Waals surface area contributed by atoms with Gasteiger partial charge in [-0.1, -0.05) is 48.7 Å². The number of ether oxygens (including phenoxy) is 1. The molecule has 32 heavy (non-hydrogen) atoms. The second kappa shape index (κ2) is 9.52. The van der Waals surface area contributed by atoms with Crippen LogP contribution in [0.5, 0.6) is 0 Å². The van der Waals surface area contributed by atoms with Gasteiger partial charge in [-0.3, -0.25) is 9.58 Å². The maximum absolute atomic E-state index is 9.71. The third-order valence-electron chi connectivity index (χ3n) is 6.62. The van der Waals surface area contributed by atoms with Gasteiger partial charge in [0.2, 0.25) is 5.82 Å². The lowest BCUT2D eigenvalue weighted by Gasteiger charge is -2.24. The molecule has 2 fully saturated rings. The summed E-state index contributed by atoms with van der Waals surface area (Å²) in [5, 5.41) is 18.6. The normalized spacial score (nSPS) is 20.2. The van der Waals surface area contributed by atoms with Crippen molar-refractivity contribution in [3.05, 3.63) is 41.7 Å². The minimum absolute atomic E-state index is 0.197. The standard InChI is InChI=1S/C24H31N5O3/c1-31-16-22-21(13-25-29(22)19-5-3-2-4-6-19)24-26-23(27-32-24)18-9-7-17(8-10-18)14-28-12-11-20(30)15-28/h7-10,13,19-20,30H,2-6,11-12,14-16H2,1H3. The number of hydrogen-bond acceptors (Lipinski definition) is 7. The van der Waals surface area contributed by atoms with E-state index in [1.165, 1.54) is 24.8 Å². The Hall–Kier alpha value is -2.55. The van der Waals surface area contributed by atoms with Gasteiger partial charge < -0.3 is 14.4 Å². The molecule has 1 saturated heterocycles. The molecule has 1 N–H and O–H groups in total. The summed E-state index contributed by atoms with van der Waals surface area (Å²) in [7, 11) is 1.70. The zero-order valence-corrected chi connectivity index (χ0v) is 18.6. The Bertz CT molecular complexity index is 1020. The van der Waals surface area contributed by atoms with Crippen molar-refractivity contribution in [2.75, 3.05) is 20.2 Å². The number of methoxy groups -OCH3 is 1. The van der Waals surface area contributed by atoms with Crippen LogP contribution in [-0.2, 0) is 17.9 Å². The van der Waals surface area contributed by atoms with E-state index in [0.717, 1.165) is 55.7 Å². The molecule has 3 aromatic rings. The number of rotatable bonds is 7. The van der Waals surface area contributed by atoms with Gasteiger partial charge in [0.05, 0.1) is 36.2 Å². The molecule has 0 spiro atoms. The highest BCUT2D eigenvalue weighted by Gasteiger charge is 2.24. The van der Waals surface area contributed by atoms with Gasteiger partial charge in [0.15, 0.2) is 0 Å². The van der Waals surface area contributed by atoms with E-state index < -0.39 is 0 Å². The summed E-state index contributed by atoms with van der Waals surface area (Å²) in [5.41, 5.74) is 3.97. The Labute approximate surface area is 188 Å². The van der Waals surface area contributed by atoms with E-state index in [1.54, 1.807) is 7.11 Å². The Kier molecular flexibility index (Phi) is 6.34. The SMILES string of the molecule is COCc1c(-c2nc(-c3ccc(CN4CCC(O)C4)cc3)no2)cnn1C1CCCCC1. The number of aliphatic hydroxyl groups excluding tert-OH is 1. The molecule has 1 saturated carbocycles. The van der Waals surface area contributed by atoms with Gasteiger partial charge in [0.1, 0.15) is 0 Å². The third-order valence-corrected chi connectivity index (χ3v) is 6.62. The van der Waals surface area contributed by atoms with Crippen molar-refractivity contribution in [3.63, 3.8) is 0 Å². The Morgan fingerprint density at radius 1 is 1.12 bits per heavy atom. The molecule has 0 amide bonds. The molecule has 1 aromatic carbocycles. The van der Waals surface area contributed by atoms with E-state index in [4.69, 9.17) is 9.26 Å². The van der Waals surface area contributed by atoms with Crippen LogP contribution in [-0.4, -0.2) is 56.2 Å². The van der Waals surface area contributed by atoms with E-state index in [2.05, 4.69) is 37.0 Å². The molecule has 5 rings (SSSR count). The molecule has 2 aromatic heterocycles. The van der Waals surface area contributed by atoms with Gasteiger partial charge in [-0.05, 0) is 24.8 Å². The maximum Gasteiger partial charge on any atom is 0.261 e. The maximum atomic E-state index is 9.71. The summed E-state index contributed by atoms with van der Waals surface area (Å²) in [5.74, 6) is 1.04. The number of aromatic nitrogens is 4. The fraction of sp³-hybridized carbons (Fsp3) is 0.542. The summed E-state index contributed by atoms with van der Waals surface area (Å²) in [6, 6.07) is 8.64. The van der Waals surface area contributed by atoms with E-state index in [0.29, 0.717) is 24.4 Å². The number of hydrogen-bond donors (Lipinski definition) is 1. The van der Waals surface area contributed by atoms with Crippen molar-refractivity contribution in [3.8, 4) is 22.8 Å². The van der Waals surface area contributed by atoms with Crippen molar-refractivity contribution in [1.82, 2.24) is 24.8 Å². The summed E-state index contributed by atoms with van der Waals surface area (Å²) >= 11 is 0. The Balaban J connectivity index is 1.34. The highest BCUT2D eigenvalue weighted by atomic mass is 16.5. The molecule has 8 heteroatoms. The van der Waals surface area contributed by atoms with Gasteiger partial charge in [-0.2, -0.15) is 10.1 Å². The van der Waals surface area contributed by atoms with Crippen molar-refractivity contribution in [2.45, 2.75) is 63.8 Å². The molecule has 1 unspecified atom stereocenters.